The van der Waals surface area contributed by atoms with Gasteiger partial charge in [-0.3, -0.25) is 4.79 Å². The molecule has 1 amide bonds. The molecule has 6 nitrogen and oxygen atoms in total. The molecule has 1 aliphatic heterocycles. The fraction of sp³-hybridized carbons (Fsp3) is 0.500. The minimum atomic E-state index is -0.0162. The lowest BCUT2D eigenvalue weighted by Gasteiger charge is -2.16. The van der Waals surface area contributed by atoms with Gasteiger partial charge in [-0.25, -0.2) is 4.98 Å². The van der Waals surface area contributed by atoms with Crippen molar-refractivity contribution < 1.29 is 14.3 Å². The number of rotatable bonds is 9. The number of hydrogen-bond donors (Lipinski definition) is 1. The molecule has 2 heterocycles. The lowest BCUT2D eigenvalue weighted by Crippen LogP contribution is -2.36. The molecule has 2 aromatic rings. The number of thioether (sulfide) groups is 1. The Labute approximate surface area is 164 Å². The van der Waals surface area contributed by atoms with E-state index in [2.05, 4.69) is 27.0 Å². The van der Waals surface area contributed by atoms with Crippen LogP contribution in [-0.4, -0.2) is 53.7 Å². The molecule has 7 heteroatoms. The van der Waals surface area contributed by atoms with Gasteiger partial charge in [-0.15, -0.1) is 0 Å². The van der Waals surface area contributed by atoms with Gasteiger partial charge >= 0.3 is 0 Å². The number of carbonyl (C=O) groups excluding carboxylic acids is 1. The van der Waals surface area contributed by atoms with E-state index in [4.69, 9.17) is 9.47 Å². The quantitative estimate of drug-likeness (QED) is 0.668. The number of aromatic nitrogens is 2. The van der Waals surface area contributed by atoms with Crippen molar-refractivity contribution in [2.75, 3.05) is 26.1 Å². The number of imidazole rings is 1. The van der Waals surface area contributed by atoms with Crippen LogP contribution in [0.5, 0.6) is 0 Å². The second kappa shape index (κ2) is 9.92. The van der Waals surface area contributed by atoms with Crippen LogP contribution in [0, 0.1) is 0 Å². The topological polar surface area (TPSA) is 65.4 Å². The van der Waals surface area contributed by atoms with Crippen molar-refractivity contribution in [3.05, 3.63) is 36.5 Å². The first-order valence-electron chi connectivity index (χ1n) is 9.31. The molecule has 0 radical (unpaired) electrons. The minimum absolute atomic E-state index is 0.00499. The molecule has 1 aromatic heterocycles. The zero-order chi connectivity index (χ0) is 19.1. The van der Waals surface area contributed by atoms with Gasteiger partial charge in [0, 0.05) is 19.8 Å². The Morgan fingerprint density at radius 3 is 2.96 bits per heavy atom. The molecule has 0 aliphatic carbocycles. The summed E-state index contributed by atoms with van der Waals surface area (Å²) in [6.45, 7) is 4.01. The van der Waals surface area contributed by atoms with Crippen LogP contribution < -0.4 is 5.32 Å². The van der Waals surface area contributed by atoms with E-state index in [0.717, 1.165) is 42.4 Å². The van der Waals surface area contributed by atoms with E-state index in [-0.39, 0.29) is 18.1 Å². The summed E-state index contributed by atoms with van der Waals surface area (Å²) in [5.41, 5.74) is 2.18. The van der Waals surface area contributed by atoms with Crippen molar-refractivity contribution in [1.29, 1.82) is 0 Å². The first-order valence-corrected chi connectivity index (χ1v) is 10.3. The highest BCUT2D eigenvalue weighted by Crippen LogP contribution is 2.28. The van der Waals surface area contributed by atoms with Gasteiger partial charge < -0.3 is 19.4 Å². The maximum absolute atomic E-state index is 12.2. The largest absolute Gasteiger partial charge is 0.383 e. The molecular formula is C20H27N3O3S. The highest BCUT2D eigenvalue weighted by molar-refractivity contribution is 7.99. The van der Waals surface area contributed by atoms with Gasteiger partial charge in [0.05, 0.1) is 36.9 Å². The van der Waals surface area contributed by atoms with E-state index in [0.29, 0.717) is 12.4 Å². The molecule has 0 saturated carbocycles. The van der Waals surface area contributed by atoms with E-state index in [1.807, 2.05) is 31.3 Å². The minimum Gasteiger partial charge on any atom is -0.383 e. The summed E-state index contributed by atoms with van der Waals surface area (Å²) in [5, 5.41) is 3.78. The first-order chi connectivity index (χ1) is 13.2. The molecule has 27 heavy (non-hydrogen) atoms. The molecule has 1 fully saturated rings. The summed E-state index contributed by atoms with van der Waals surface area (Å²) in [6.07, 6.45) is 4.25. The smallest absolute Gasteiger partial charge is 0.230 e. The van der Waals surface area contributed by atoms with Gasteiger partial charge in [0.15, 0.2) is 5.16 Å². The van der Waals surface area contributed by atoms with Gasteiger partial charge in [-0.2, -0.15) is 0 Å². The van der Waals surface area contributed by atoms with Crippen molar-refractivity contribution in [3.8, 4) is 11.3 Å². The lowest BCUT2D eigenvalue weighted by molar-refractivity contribution is -0.119. The van der Waals surface area contributed by atoms with Gasteiger partial charge in [-0.05, 0) is 25.3 Å². The molecule has 1 saturated heterocycles. The van der Waals surface area contributed by atoms with E-state index >= 15 is 0 Å². The number of nitrogens with zero attached hydrogens (tertiary/aromatic N) is 2. The number of benzene rings is 1. The predicted molar refractivity (Wildman–Crippen MR) is 107 cm³/mol. The normalized spacial score (nSPS) is 17.8. The zero-order valence-electron chi connectivity index (χ0n) is 15.9. The highest BCUT2D eigenvalue weighted by atomic mass is 32.2. The molecule has 0 bridgehead atoms. The van der Waals surface area contributed by atoms with Crippen molar-refractivity contribution in [2.45, 2.75) is 43.6 Å². The molecule has 1 aliphatic rings. The van der Waals surface area contributed by atoms with Crippen LogP contribution in [-0.2, 0) is 20.8 Å². The van der Waals surface area contributed by atoms with Crippen LogP contribution in [0.25, 0.3) is 11.3 Å². The number of ether oxygens (including phenoxy) is 2. The molecule has 3 rings (SSSR count). The van der Waals surface area contributed by atoms with E-state index in [9.17, 15) is 4.79 Å². The van der Waals surface area contributed by atoms with Crippen molar-refractivity contribution >= 4 is 17.7 Å². The standard InChI is InChI=1S/C20H27N3O3S/c1-15(13-25-2)22-19(24)14-27-20-21-11-18(16-7-4-3-5-8-16)23(20)12-17-9-6-10-26-17/h3-5,7-8,11,15,17H,6,9-10,12-14H2,1-2H3,(H,22,24). The Morgan fingerprint density at radius 1 is 1.44 bits per heavy atom. The van der Waals surface area contributed by atoms with Crippen LogP contribution >= 0.6 is 11.8 Å². The molecule has 0 spiro atoms. The summed E-state index contributed by atoms with van der Waals surface area (Å²) < 4.78 is 13.1. The first kappa shape index (κ1) is 19.9. The summed E-state index contributed by atoms with van der Waals surface area (Å²) >= 11 is 1.46. The summed E-state index contributed by atoms with van der Waals surface area (Å²) in [5.74, 6) is 0.308. The second-order valence-corrected chi connectivity index (χ2v) is 7.69. The van der Waals surface area contributed by atoms with E-state index < -0.39 is 0 Å². The highest BCUT2D eigenvalue weighted by Gasteiger charge is 2.21. The Morgan fingerprint density at radius 2 is 2.26 bits per heavy atom. The monoisotopic (exact) mass is 389 g/mol. The fourth-order valence-corrected chi connectivity index (χ4v) is 4.02. The lowest BCUT2D eigenvalue weighted by atomic mass is 10.1. The van der Waals surface area contributed by atoms with Gasteiger partial charge in [0.2, 0.25) is 5.91 Å². The number of nitrogens with one attached hydrogen (secondary N) is 1. The fourth-order valence-electron chi connectivity index (χ4n) is 3.22. The van der Waals surface area contributed by atoms with Gasteiger partial charge in [0.25, 0.3) is 0 Å². The second-order valence-electron chi connectivity index (χ2n) is 6.75. The summed E-state index contributed by atoms with van der Waals surface area (Å²) in [7, 11) is 1.63. The SMILES string of the molecule is COCC(C)NC(=O)CSc1ncc(-c2ccccc2)n1CC1CCCO1. The Hall–Kier alpha value is -1.83. The third-order valence-corrected chi connectivity index (χ3v) is 5.45. The van der Waals surface area contributed by atoms with Crippen molar-refractivity contribution in [1.82, 2.24) is 14.9 Å². The maximum Gasteiger partial charge on any atom is 0.230 e. The maximum atomic E-state index is 12.2. The average Bonchev–Trinajstić information content (AvgIpc) is 3.31. The summed E-state index contributed by atoms with van der Waals surface area (Å²) in [4.78, 5) is 16.8. The summed E-state index contributed by atoms with van der Waals surface area (Å²) in [6, 6.07) is 10.2. The van der Waals surface area contributed by atoms with E-state index in [1.165, 1.54) is 11.8 Å². The molecule has 2 unspecified atom stereocenters. The number of amides is 1. The van der Waals surface area contributed by atoms with Gasteiger partial charge in [0.1, 0.15) is 0 Å². The Bertz CT molecular complexity index is 729. The van der Waals surface area contributed by atoms with Crippen LogP contribution in [0.15, 0.2) is 41.7 Å². The third-order valence-electron chi connectivity index (χ3n) is 4.46. The zero-order valence-corrected chi connectivity index (χ0v) is 16.7. The van der Waals surface area contributed by atoms with E-state index in [1.54, 1.807) is 7.11 Å². The number of hydrogen-bond acceptors (Lipinski definition) is 5. The van der Waals surface area contributed by atoms with Crippen LogP contribution in [0.2, 0.25) is 0 Å². The average molecular weight is 390 g/mol. The molecule has 2 atom stereocenters. The van der Waals surface area contributed by atoms with Crippen molar-refractivity contribution in [2.24, 2.45) is 0 Å². The van der Waals surface area contributed by atoms with Gasteiger partial charge in [-0.1, -0.05) is 42.1 Å². The molecule has 1 N–H and O–H groups in total. The molecular weight excluding hydrogens is 362 g/mol. The van der Waals surface area contributed by atoms with Crippen LogP contribution in [0.4, 0.5) is 0 Å². The number of methoxy groups -OCH3 is 1. The predicted octanol–water partition coefficient (Wildman–Crippen LogP) is 2.97. The van der Waals surface area contributed by atoms with Crippen LogP contribution in [0.1, 0.15) is 19.8 Å². The van der Waals surface area contributed by atoms with Crippen LogP contribution in [0.3, 0.4) is 0 Å². The van der Waals surface area contributed by atoms with Crippen molar-refractivity contribution in [3.63, 3.8) is 0 Å². The molecule has 146 valence electrons. The molecule has 1 aromatic carbocycles. The Kier molecular flexibility index (Phi) is 7.32. The number of carbonyl (C=O) groups is 1. The Balaban J connectivity index is 1.72. The third kappa shape index (κ3) is 5.57.